The van der Waals surface area contributed by atoms with Gasteiger partial charge in [-0.3, -0.25) is 0 Å². The van der Waals surface area contributed by atoms with Crippen LogP contribution in [-0.4, -0.2) is 12.1 Å². The minimum Gasteiger partial charge on any atom is -1.00 e. The summed E-state index contributed by atoms with van der Waals surface area (Å²) in [6.45, 7) is 3.79. The van der Waals surface area contributed by atoms with Crippen LogP contribution in [0.1, 0.15) is 13.8 Å². The Morgan fingerprint density at radius 3 is 1.00 bits per heavy atom. The summed E-state index contributed by atoms with van der Waals surface area (Å²) < 4.78 is 0. The quantitative estimate of drug-likeness (QED) is 0.493. The molecule has 0 aliphatic rings. The molecule has 0 amide bonds. The van der Waals surface area contributed by atoms with Crippen molar-refractivity contribution in [2.24, 2.45) is 11.5 Å². The van der Waals surface area contributed by atoms with Crippen LogP contribution in [0.15, 0.2) is 0 Å². The van der Waals surface area contributed by atoms with E-state index in [1.54, 1.807) is 0 Å². The van der Waals surface area contributed by atoms with Crippen molar-refractivity contribution in [2.45, 2.75) is 25.9 Å². The number of rotatable bonds is 1. The van der Waals surface area contributed by atoms with Crippen LogP contribution in [0.4, 0.5) is 0 Å². The molecule has 0 aliphatic carbocycles. The number of hydrogen-bond acceptors (Lipinski definition) is 2. The Hall–Kier alpha value is 1.19. The Morgan fingerprint density at radius 2 is 1.00 bits per heavy atom. The second kappa shape index (κ2) is 11.9. The largest absolute Gasteiger partial charge is 2.00 e. The molecule has 2 nitrogen and oxygen atoms in total. The molecular formula is C4H12Cl2N2Pt. The van der Waals surface area contributed by atoms with E-state index in [9.17, 15) is 0 Å². The Bertz CT molecular complexity index is 37.5. The van der Waals surface area contributed by atoms with Gasteiger partial charge in [-0.05, 0) is 13.8 Å². The molecule has 0 aromatic carbocycles. The molecule has 9 heavy (non-hydrogen) atoms. The van der Waals surface area contributed by atoms with Crippen LogP contribution in [0.2, 0.25) is 0 Å². The molecule has 2 atom stereocenters. The van der Waals surface area contributed by atoms with Crippen LogP contribution < -0.4 is 36.3 Å². The standard InChI is InChI=1S/C4H12N2.2ClH.Pt/c1-3(5)4(2)6;;;/h3-4H,5-6H2,1-2H3;2*1H;/q;;;+2/p-2. The van der Waals surface area contributed by atoms with Crippen molar-refractivity contribution in [3.63, 3.8) is 0 Å². The molecule has 62 valence electrons. The van der Waals surface area contributed by atoms with Gasteiger partial charge in [0, 0.05) is 12.1 Å². The normalized spacial score (nSPS) is 13.3. The van der Waals surface area contributed by atoms with Gasteiger partial charge in [-0.2, -0.15) is 0 Å². The van der Waals surface area contributed by atoms with Crippen molar-refractivity contribution in [1.82, 2.24) is 0 Å². The van der Waals surface area contributed by atoms with E-state index in [-0.39, 0.29) is 58.0 Å². The summed E-state index contributed by atoms with van der Waals surface area (Å²) in [4.78, 5) is 0. The second-order valence-corrected chi connectivity index (χ2v) is 1.72. The summed E-state index contributed by atoms with van der Waals surface area (Å²) in [5.41, 5.74) is 10.6. The molecule has 0 saturated carbocycles. The van der Waals surface area contributed by atoms with Gasteiger partial charge < -0.3 is 36.3 Å². The van der Waals surface area contributed by atoms with Gasteiger partial charge in [-0.25, -0.2) is 0 Å². The maximum absolute atomic E-state index is 5.31. The van der Waals surface area contributed by atoms with Crippen molar-refractivity contribution in [3.05, 3.63) is 0 Å². The Kier molecular flexibility index (Phi) is 29.8. The van der Waals surface area contributed by atoms with E-state index in [1.165, 1.54) is 0 Å². The minimum absolute atomic E-state index is 0. The predicted octanol–water partition coefficient (Wildman–Crippen LogP) is -6.31. The Balaban J connectivity index is -0.0000000417. The van der Waals surface area contributed by atoms with Crippen molar-refractivity contribution in [2.75, 3.05) is 0 Å². The van der Waals surface area contributed by atoms with E-state index in [0.29, 0.717) is 0 Å². The van der Waals surface area contributed by atoms with Crippen LogP contribution in [0.25, 0.3) is 0 Å². The average Bonchev–Trinajstić information content (AvgIpc) is 1.36. The van der Waals surface area contributed by atoms with E-state index < -0.39 is 0 Å². The van der Waals surface area contributed by atoms with Gasteiger partial charge in [0.05, 0.1) is 0 Å². The van der Waals surface area contributed by atoms with Gasteiger partial charge in [-0.15, -0.1) is 0 Å². The molecular weight excluding hydrogens is 342 g/mol. The van der Waals surface area contributed by atoms with Crippen LogP contribution >= 0.6 is 0 Å². The van der Waals surface area contributed by atoms with Crippen molar-refractivity contribution in [3.8, 4) is 0 Å². The maximum atomic E-state index is 5.31. The number of halogens is 2. The van der Waals surface area contributed by atoms with Gasteiger partial charge in [0.2, 0.25) is 0 Å². The van der Waals surface area contributed by atoms with Gasteiger partial charge in [0.15, 0.2) is 0 Å². The molecule has 0 bridgehead atoms. The van der Waals surface area contributed by atoms with E-state index in [4.69, 9.17) is 11.5 Å². The Labute approximate surface area is 83.2 Å². The van der Waals surface area contributed by atoms with Crippen LogP contribution in [0, 0.1) is 0 Å². The molecule has 0 fully saturated rings. The number of nitrogens with two attached hydrogens (primary N) is 2. The van der Waals surface area contributed by atoms with Crippen LogP contribution in [0.5, 0.6) is 0 Å². The number of hydrogen-bond donors (Lipinski definition) is 2. The minimum atomic E-state index is 0. The summed E-state index contributed by atoms with van der Waals surface area (Å²) >= 11 is 0. The molecule has 5 heteroatoms. The van der Waals surface area contributed by atoms with Crippen molar-refractivity contribution in [1.29, 1.82) is 0 Å². The first kappa shape index (κ1) is 22.5. The smallest absolute Gasteiger partial charge is 1.00 e. The third kappa shape index (κ3) is 17.6. The molecule has 0 heterocycles. The second-order valence-electron chi connectivity index (χ2n) is 1.72. The summed E-state index contributed by atoms with van der Waals surface area (Å²) in [6.07, 6.45) is 0. The molecule has 0 spiro atoms. The third-order valence-electron chi connectivity index (χ3n) is 0.829. The maximum Gasteiger partial charge on any atom is 2.00 e. The molecule has 0 aromatic rings. The zero-order chi connectivity index (χ0) is 5.15. The van der Waals surface area contributed by atoms with E-state index in [2.05, 4.69) is 0 Å². The zero-order valence-electron chi connectivity index (χ0n) is 5.38. The molecule has 0 aromatic heterocycles. The zero-order valence-corrected chi connectivity index (χ0v) is 9.17. The van der Waals surface area contributed by atoms with Gasteiger partial charge in [0.1, 0.15) is 0 Å². The summed E-state index contributed by atoms with van der Waals surface area (Å²) in [5.74, 6) is 0. The van der Waals surface area contributed by atoms with Gasteiger partial charge >= 0.3 is 21.1 Å². The first-order chi connectivity index (χ1) is 2.64. The van der Waals surface area contributed by atoms with Crippen LogP contribution in [0.3, 0.4) is 0 Å². The predicted molar refractivity (Wildman–Crippen MR) is 27.3 cm³/mol. The van der Waals surface area contributed by atoms with E-state index >= 15 is 0 Å². The van der Waals surface area contributed by atoms with E-state index in [1.807, 2.05) is 13.8 Å². The molecule has 2 unspecified atom stereocenters. The fourth-order valence-corrected chi connectivity index (χ4v) is 0. The first-order valence-electron chi connectivity index (χ1n) is 2.15. The Morgan fingerprint density at radius 1 is 0.889 bits per heavy atom. The van der Waals surface area contributed by atoms with Crippen LogP contribution in [-0.2, 0) is 21.1 Å². The topological polar surface area (TPSA) is 52.0 Å². The first-order valence-corrected chi connectivity index (χ1v) is 2.15. The van der Waals surface area contributed by atoms with Crippen molar-refractivity contribution < 1.29 is 45.9 Å². The van der Waals surface area contributed by atoms with E-state index in [0.717, 1.165) is 0 Å². The van der Waals surface area contributed by atoms with Gasteiger partial charge in [-0.1, -0.05) is 0 Å². The molecule has 0 radical (unpaired) electrons. The molecule has 0 saturated heterocycles. The summed E-state index contributed by atoms with van der Waals surface area (Å²) in [7, 11) is 0. The summed E-state index contributed by atoms with van der Waals surface area (Å²) in [6, 6.07) is 0.259. The third-order valence-corrected chi connectivity index (χ3v) is 0.829. The molecule has 0 rings (SSSR count). The molecule has 4 N–H and O–H groups in total. The van der Waals surface area contributed by atoms with Crippen molar-refractivity contribution >= 4 is 0 Å². The SMILES string of the molecule is CC(N)C(C)N.[Cl-].[Cl-].[Pt+2]. The fraction of sp³-hybridized carbons (Fsp3) is 1.00. The average molecular weight is 354 g/mol. The fourth-order valence-electron chi connectivity index (χ4n) is 0. The monoisotopic (exact) mass is 353 g/mol. The van der Waals surface area contributed by atoms with Gasteiger partial charge in [0.25, 0.3) is 0 Å². The summed E-state index contributed by atoms with van der Waals surface area (Å²) in [5, 5.41) is 0. The molecule has 0 aliphatic heterocycles.